The molecule has 0 aliphatic carbocycles. The number of carbonyl (C=O) groups excluding carboxylic acids is 1. The van der Waals surface area contributed by atoms with Crippen molar-refractivity contribution in [3.05, 3.63) is 59.7 Å². The first-order valence-electron chi connectivity index (χ1n) is 5.91. The molecule has 0 radical (unpaired) electrons. The van der Waals surface area contributed by atoms with Crippen LogP contribution in [0.4, 0.5) is 10.5 Å². The first-order valence-corrected chi connectivity index (χ1v) is 5.91. The minimum absolute atomic E-state index is 0.0687. The predicted octanol–water partition coefficient (Wildman–Crippen LogP) is 2.01. The van der Waals surface area contributed by atoms with Crippen LogP contribution >= 0.6 is 0 Å². The van der Waals surface area contributed by atoms with Crippen molar-refractivity contribution in [1.29, 1.82) is 0 Å². The van der Waals surface area contributed by atoms with Gasteiger partial charge in [-0.1, -0.05) is 6.08 Å². The number of nitrogens with one attached hydrogen (secondary N) is 2. The molecule has 2 N–H and O–H groups in total. The standard InChI is InChI=1S/C14H13N3O3/c1-2-7-16-14(19)17-11-5-6-12(20-13(11)18)10-4-3-8-15-9-10/h2-6,8-9H,1,7H2,(H2,16,17,19). The normalized spacial score (nSPS) is 9.80. The molecule has 0 aromatic carbocycles. The Hall–Kier alpha value is -2.89. The highest BCUT2D eigenvalue weighted by Gasteiger charge is 2.08. The molecule has 2 aromatic rings. The number of hydrogen-bond acceptors (Lipinski definition) is 4. The van der Waals surface area contributed by atoms with E-state index < -0.39 is 11.7 Å². The Morgan fingerprint density at radius 3 is 2.90 bits per heavy atom. The minimum Gasteiger partial charge on any atom is -0.421 e. The molecule has 0 unspecified atom stereocenters. The van der Waals surface area contributed by atoms with E-state index >= 15 is 0 Å². The van der Waals surface area contributed by atoms with Gasteiger partial charge in [-0.25, -0.2) is 9.59 Å². The molecule has 0 saturated heterocycles. The molecule has 0 saturated carbocycles. The van der Waals surface area contributed by atoms with Crippen LogP contribution in [-0.4, -0.2) is 17.6 Å². The molecule has 102 valence electrons. The second-order valence-electron chi connectivity index (χ2n) is 3.87. The Morgan fingerprint density at radius 1 is 1.40 bits per heavy atom. The van der Waals surface area contributed by atoms with Crippen LogP contribution in [-0.2, 0) is 0 Å². The van der Waals surface area contributed by atoms with Gasteiger partial charge < -0.3 is 15.1 Å². The summed E-state index contributed by atoms with van der Waals surface area (Å²) in [7, 11) is 0. The Balaban J connectivity index is 2.16. The van der Waals surface area contributed by atoms with Crippen LogP contribution in [0.5, 0.6) is 0 Å². The summed E-state index contributed by atoms with van der Waals surface area (Å²) in [5.41, 5.74) is 0.131. The highest BCUT2D eigenvalue weighted by Crippen LogP contribution is 2.17. The Morgan fingerprint density at radius 2 is 2.25 bits per heavy atom. The zero-order valence-corrected chi connectivity index (χ0v) is 10.6. The van der Waals surface area contributed by atoms with Gasteiger partial charge in [0.05, 0.1) is 0 Å². The van der Waals surface area contributed by atoms with Crippen molar-refractivity contribution in [3.8, 4) is 11.3 Å². The van der Waals surface area contributed by atoms with Crippen LogP contribution in [0, 0.1) is 0 Å². The molecular weight excluding hydrogens is 258 g/mol. The third-order valence-electron chi connectivity index (χ3n) is 2.43. The van der Waals surface area contributed by atoms with E-state index in [0.717, 1.165) is 0 Å². The fourth-order valence-corrected chi connectivity index (χ4v) is 1.50. The molecule has 2 amide bonds. The Bertz CT molecular complexity index is 665. The second-order valence-corrected chi connectivity index (χ2v) is 3.87. The van der Waals surface area contributed by atoms with E-state index in [1.165, 1.54) is 12.1 Å². The van der Waals surface area contributed by atoms with Gasteiger partial charge in [-0.15, -0.1) is 6.58 Å². The molecule has 0 fully saturated rings. The summed E-state index contributed by atoms with van der Waals surface area (Å²) in [6.45, 7) is 3.78. The largest absolute Gasteiger partial charge is 0.421 e. The van der Waals surface area contributed by atoms with Crippen LogP contribution in [0.2, 0.25) is 0 Å². The summed E-state index contributed by atoms with van der Waals surface area (Å²) in [6.07, 6.45) is 4.75. The van der Waals surface area contributed by atoms with E-state index in [1.807, 2.05) is 0 Å². The van der Waals surface area contributed by atoms with Gasteiger partial charge in [-0.3, -0.25) is 4.98 Å². The maximum absolute atomic E-state index is 11.8. The second kappa shape index (κ2) is 6.33. The van der Waals surface area contributed by atoms with Crippen molar-refractivity contribution < 1.29 is 9.21 Å². The summed E-state index contributed by atoms with van der Waals surface area (Å²) < 4.78 is 5.14. The van der Waals surface area contributed by atoms with E-state index in [0.29, 0.717) is 17.9 Å². The Labute approximate surface area is 115 Å². The van der Waals surface area contributed by atoms with Crippen LogP contribution in [0.15, 0.2) is 58.5 Å². The number of pyridine rings is 1. The molecule has 2 heterocycles. The van der Waals surface area contributed by atoms with E-state index in [-0.39, 0.29) is 5.69 Å². The molecule has 0 aliphatic heterocycles. The summed E-state index contributed by atoms with van der Waals surface area (Å²) >= 11 is 0. The van der Waals surface area contributed by atoms with Gasteiger partial charge in [0, 0.05) is 24.5 Å². The topological polar surface area (TPSA) is 84.2 Å². The molecule has 0 aliphatic rings. The zero-order valence-electron chi connectivity index (χ0n) is 10.6. The third-order valence-corrected chi connectivity index (χ3v) is 2.43. The average Bonchev–Trinajstić information content (AvgIpc) is 2.48. The van der Waals surface area contributed by atoms with Crippen LogP contribution in [0.3, 0.4) is 0 Å². The zero-order chi connectivity index (χ0) is 14.4. The van der Waals surface area contributed by atoms with E-state index in [1.54, 1.807) is 30.6 Å². The molecule has 2 rings (SSSR count). The lowest BCUT2D eigenvalue weighted by atomic mass is 10.2. The van der Waals surface area contributed by atoms with Crippen molar-refractivity contribution in [1.82, 2.24) is 10.3 Å². The SMILES string of the molecule is C=CCNC(=O)Nc1ccc(-c2cccnc2)oc1=O. The number of hydrogen-bond donors (Lipinski definition) is 2. The molecule has 0 atom stereocenters. The predicted molar refractivity (Wildman–Crippen MR) is 75.4 cm³/mol. The minimum atomic E-state index is -0.625. The van der Waals surface area contributed by atoms with Crippen molar-refractivity contribution in [3.63, 3.8) is 0 Å². The van der Waals surface area contributed by atoms with Crippen LogP contribution < -0.4 is 16.3 Å². The fourth-order valence-electron chi connectivity index (χ4n) is 1.50. The Kier molecular flexibility index (Phi) is 4.28. The van der Waals surface area contributed by atoms with Gasteiger partial charge in [0.25, 0.3) is 0 Å². The summed E-state index contributed by atoms with van der Waals surface area (Å²) in [5.74, 6) is 0.389. The number of carbonyl (C=O) groups is 1. The number of rotatable bonds is 4. The fraction of sp³-hybridized carbons (Fsp3) is 0.0714. The molecule has 0 spiro atoms. The van der Waals surface area contributed by atoms with Crippen molar-refractivity contribution in [2.45, 2.75) is 0 Å². The number of aromatic nitrogens is 1. The summed E-state index contributed by atoms with van der Waals surface area (Å²) in [4.78, 5) is 27.1. The molecule has 2 aromatic heterocycles. The van der Waals surface area contributed by atoms with Crippen molar-refractivity contribution in [2.75, 3.05) is 11.9 Å². The molecular formula is C14H13N3O3. The lowest BCUT2D eigenvalue weighted by Crippen LogP contribution is -2.30. The van der Waals surface area contributed by atoms with E-state index in [9.17, 15) is 9.59 Å². The highest BCUT2D eigenvalue weighted by atomic mass is 16.4. The maximum Gasteiger partial charge on any atom is 0.360 e. The highest BCUT2D eigenvalue weighted by molar-refractivity contribution is 5.89. The molecule has 6 nitrogen and oxygen atoms in total. The van der Waals surface area contributed by atoms with Gasteiger partial charge in [0.15, 0.2) is 0 Å². The monoisotopic (exact) mass is 271 g/mol. The van der Waals surface area contributed by atoms with Crippen LogP contribution in [0.25, 0.3) is 11.3 Å². The molecule has 6 heteroatoms. The summed E-state index contributed by atoms with van der Waals surface area (Å²) in [5, 5.41) is 4.90. The van der Waals surface area contributed by atoms with Crippen molar-refractivity contribution >= 4 is 11.7 Å². The summed E-state index contributed by atoms with van der Waals surface area (Å²) in [6, 6.07) is 6.11. The quantitative estimate of drug-likeness (QED) is 0.833. The van der Waals surface area contributed by atoms with Gasteiger partial charge in [0.2, 0.25) is 0 Å². The number of amides is 2. The van der Waals surface area contributed by atoms with Gasteiger partial charge in [-0.05, 0) is 24.3 Å². The molecule has 0 bridgehead atoms. The number of urea groups is 1. The molecule has 20 heavy (non-hydrogen) atoms. The average molecular weight is 271 g/mol. The van der Waals surface area contributed by atoms with Gasteiger partial charge >= 0.3 is 11.7 Å². The number of anilines is 1. The lowest BCUT2D eigenvalue weighted by Gasteiger charge is -2.05. The van der Waals surface area contributed by atoms with Gasteiger partial charge in [0.1, 0.15) is 11.4 Å². The first kappa shape index (κ1) is 13.5. The number of nitrogens with zero attached hydrogens (tertiary/aromatic N) is 1. The smallest absolute Gasteiger partial charge is 0.360 e. The van der Waals surface area contributed by atoms with E-state index in [4.69, 9.17) is 4.42 Å². The van der Waals surface area contributed by atoms with Crippen molar-refractivity contribution in [2.24, 2.45) is 0 Å². The van der Waals surface area contributed by atoms with E-state index in [2.05, 4.69) is 22.2 Å². The third kappa shape index (κ3) is 3.32. The van der Waals surface area contributed by atoms with Gasteiger partial charge in [-0.2, -0.15) is 0 Å². The lowest BCUT2D eigenvalue weighted by molar-refractivity contribution is 0.253. The maximum atomic E-state index is 11.8. The first-order chi connectivity index (χ1) is 9.70. The van der Waals surface area contributed by atoms with Crippen LogP contribution in [0.1, 0.15) is 0 Å².